The molecule has 2 atom stereocenters. The van der Waals surface area contributed by atoms with Crippen molar-refractivity contribution in [2.24, 2.45) is 0 Å². The highest BCUT2D eigenvalue weighted by Crippen LogP contribution is 2.45. The fourth-order valence-corrected chi connectivity index (χ4v) is 5.66. The topological polar surface area (TPSA) is 79.6 Å². The Bertz CT molecular complexity index is 1500. The Morgan fingerprint density at radius 2 is 1.86 bits per heavy atom. The second-order valence-corrected chi connectivity index (χ2v) is 9.59. The number of aromatic carboxylic acids is 1. The first kappa shape index (κ1) is 24.8. The van der Waals surface area contributed by atoms with Crippen molar-refractivity contribution in [3.8, 4) is 11.4 Å². The molecule has 0 amide bonds. The second kappa shape index (κ2) is 9.88. The van der Waals surface area contributed by atoms with Crippen molar-refractivity contribution in [3.05, 3.63) is 106 Å². The third-order valence-corrected chi connectivity index (χ3v) is 7.29. The number of aromatic nitrogens is 2. The summed E-state index contributed by atoms with van der Waals surface area (Å²) < 4.78 is 7.33. The molecular formula is C28H25ClN4O3S. The van der Waals surface area contributed by atoms with Gasteiger partial charge in [-0.05, 0) is 80.2 Å². The van der Waals surface area contributed by atoms with E-state index in [2.05, 4.69) is 16.4 Å². The van der Waals surface area contributed by atoms with Crippen LogP contribution in [0.25, 0.3) is 5.69 Å². The molecule has 0 radical (unpaired) electrons. The van der Waals surface area contributed by atoms with Crippen LogP contribution in [0.15, 0.2) is 72.9 Å². The van der Waals surface area contributed by atoms with Gasteiger partial charge in [-0.1, -0.05) is 29.8 Å². The van der Waals surface area contributed by atoms with Gasteiger partial charge in [-0.3, -0.25) is 4.98 Å². The number of thiocarbonyl (C=S) groups is 1. The van der Waals surface area contributed by atoms with Crippen LogP contribution in [0.2, 0.25) is 5.02 Å². The molecule has 5 rings (SSSR count). The van der Waals surface area contributed by atoms with E-state index in [4.69, 9.17) is 28.6 Å². The van der Waals surface area contributed by atoms with Crippen LogP contribution in [0.5, 0.6) is 5.75 Å². The number of carbonyl (C=O) groups is 1. The molecule has 7 nitrogen and oxygen atoms in total. The highest BCUT2D eigenvalue weighted by Gasteiger charge is 2.42. The number of para-hydroxylation sites is 1. The van der Waals surface area contributed by atoms with Gasteiger partial charge in [-0.2, -0.15) is 0 Å². The molecule has 0 spiro atoms. The number of pyridine rings is 1. The number of methoxy groups -OCH3 is 1. The summed E-state index contributed by atoms with van der Waals surface area (Å²) in [4.78, 5) is 18.7. The fraction of sp³-hybridized carbons (Fsp3) is 0.179. The van der Waals surface area contributed by atoms with Gasteiger partial charge in [0.25, 0.3) is 0 Å². The maximum atomic E-state index is 12.0. The number of carboxylic acids is 1. The third-order valence-electron chi connectivity index (χ3n) is 6.68. The van der Waals surface area contributed by atoms with Crippen molar-refractivity contribution in [1.29, 1.82) is 0 Å². The summed E-state index contributed by atoms with van der Waals surface area (Å²) >= 11 is 12.3. The van der Waals surface area contributed by atoms with Gasteiger partial charge in [0.15, 0.2) is 5.11 Å². The smallest absolute Gasteiger partial charge is 0.337 e. The molecule has 37 heavy (non-hydrogen) atoms. The molecule has 2 N–H and O–H groups in total. The summed E-state index contributed by atoms with van der Waals surface area (Å²) in [6.45, 7) is 3.97. The monoisotopic (exact) mass is 532 g/mol. The number of nitrogens with one attached hydrogen (secondary N) is 1. The Labute approximate surface area is 225 Å². The molecule has 1 aliphatic heterocycles. The van der Waals surface area contributed by atoms with Crippen molar-refractivity contribution in [2.75, 3.05) is 12.0 Å². The molecule has 0 aliphatic carbocycles. The first-order valence-electron chi connectivity index (χ1n) is 11.7. The molecule has 0 unspecified atom stereocenters. The standard InChI is InChI=1S/C28H25ClN4O3S/c1-16-14-20(17(2)32(16)23-10-5-4-8-19(23)27(34)35)26-25(22-9-6-7-13-30-22)31-28(37)33(26)18-11-12-24(36-3)21(29)15-18/h4-15,25-26H,1-3H3,(H,31,37)(H,34,35)/t25-,26-/m0/s1. The zero-order valence-electron chi connectivity index (χ0n) is 20.5. The Morgan fingerprint density at radius 1 is 1.11 bits per heavy atom. The lowest BCUT2D eigenvalue weighted by Gasteiger charge is -2.28. The quantitative estimate of drug-likeness (QED) is 0.294. The van der Waals surface area contributed by atoms with E-state index in [0.717, 1.165) is 28.3 Å². The molecule has 1 saturated heterocycles. The minimum atomic E-state index is -0.978. The number of hydrogen-bond donors (Lipinski definition) is 2. The number of halogens is 1. The van der Waals surface area contributed by atoms with Crippen LogP contribution >= 0.6 is 23.8 Å². The van der Waals surface area contributed by atoms with Gasteiger partial charge in [0, 0.05) is 23.3 Å². The predicted octanol–water partition coefficient (Wildman–Crippen LogP) is 6.03. The molecule has 188 valence electrons. The van der Waals surface area contributed by atoms with Gasteiger partial charge < -0.3 is 24.6 Å². The zero-order chi connectivity index (χ0) is 26.3. The van der Waals surface area contributed by atoms with Crippen molar-refractivity contribution in [1.82, 2.24) is 14.9 Å². The van der Waals surface area contributed by atoms with Crippen molar-refractivity contribution >= 4 is 40.6 Å². The van der Waals surface area contributed by atoms with E-state index in [1.807, 2.05) is 71.8 Å². The van der Waals surface area contributed by atoms with E-state index < -0.39 is 5.97 Å². The number of ether oxygens (including phenoxy) is 1. The van der Waals surface area contributed by atoms with Crippen molar-refractivity contribution in [3.63, 3.8) is 0 Å². The van der Waals surface area contributed by atoms with Gasteiger partial charge in [-0.15, -0.1) is 0 Å². The van der Waals surface area contributed by atoms with E-state index in [1.165, 1.54) is 0 Å². The molecular weight excluding hydrogens is 508 g/mol. The van der Waals surface area contributed by atoms with E-state index >= 15 is 0 Å². The highest BCUT2D eigenvalue weighted by molar-refractivity contribution is 7.80. The lowest BCUT2D eigenvalue weighted by atomic mass is 9.96. The van der Waals surface area contributed by atoms with Crippen LogP contribution in [0.1, 0.15) is 45.1 Å². The van der Waals surface area contributed by atoms with Crippen LogP contribution in [0.4, 0.5) is 5.69 Å². The zero-order valence-corrected chi connectivity index (χ0v) is 22.0. The van der Waals surface area contributed by atoms with Gasteiger partial charge in [0.2, 0.25) is 0 Å². The number of benzene rings is 2. The Kier molecular flexibility index (Phi) is 6.62. The lowest BCUT2D eigenvalue weighted by molar-refractivity contribution is 0.0697. The molecule has 1 aliphatic rings. The van der Waals surface area contributed by atoms with Crippen LogP contribution in [-0.4, -0.2) is 32.8 Å². The molecule has 2 aromatic heterocycles. The summed E-state index contributed by atoms with van der Waals surface area (Å²) in [6, 6.07) is 19.9. The summed E-state index contributed by atoms with van der Waals surface area (Å²) in [5.41, 5.74) is 5.30. The van der Waals surface area contributed by atoms with Crippen molar-refractivity contribution in [2.45, 2.75) is 25.9 Å². The minimum absolute atomic E-state index is 0.232. The highest BCUT2D eigenvalue weighted by atomic mass is 35.5. The fourth-order valence-electron chi connectivity index (χ4n) is 5.06. The third kappa shape index (κ3) is 4.32. The van der Waals surface area contributed by atoms with Crippen LogP contribution in [0.3, 0.4) is 0 Å². The predicted molar refractivity (Wildman–Crippen MR) is 148 cm³/mol. The van der Waals surface area contributed by atoms with Gasteiger partial charge in [0.1, 0.15) is 5.75 Å². The first-order valence-corrected chi connectivity index (χ1v) is 12.5. The average molecular weight is 533 g/mol. The summed E-state index contributed by atoms with van der Waals surface area (Å²) in [6.07, 6.45) is 1.76. The lowest BCUT2D eigenvalue weighted by Crippen LogP contribution is -2.29. The van der Waals surface area contributed by atoms with Gasteiger partial charge >= 0.3 is 5.97 Å². The van der Waals surface area contributed by atoms with E-state index in [0.29, 0.717) is 21.6 Å². The number of nitrogens with zero attached hydrogens (tertiary/aromatic N) is 3. The molecule has 3 heterocycles. The largest absolute Gasteiger partial charge is 0.495 e. The van der Waals surface area contributed by atoms with Crippen LogP contribution < -0.4 is 15.0 Å². The van der Waals surface area contributed by atoms with Crippen molar-refractivity contribution < 1.29 is 14.6 Å². The Balaban J connectivity index is 1.70. The number of aryl methyl sites for hydroxylation is 1. The number of rotatable bonds is 6. The van der Waals surface area contributed by atoms with E-state index in [-0.39, 0.29) is 17.6 Å². The maximum absolute atomic E-state index is 12.0. The number of hydrogen-bond acceptors (Lipinski definition) is 4. The molecule has 0 saturated carbocycles. The molecule has 2 aromatic carbocycles. The molecule has 1 fully saturated rings. The van der Waals surface area contributed by atoms with Crippen LogP contribution in [-0.2, 0) is 0 Å². The summed E-state index contributed by atoms with van der Waals surface area (Å²) in [5.74, 6) is -0.404. The summed E-state index contributed by atoms with van der Waals surface area (Å²) in [7, 11) is 1.58. The van der Waals surface area contributed by atoms with E-state index in [1.54, 1.807) is 25.4 Å². The first-order chi connectivity index (χ1) is 17.8. The minimum Gasteiger partial charge on any atom is -0.495 e. The Hall–Kier alpha value is -3.88. The average Bonchev–Trinajstić information content (AvgIpc) is 3.39. The second-order valence-electron chi connectivity index (χ2n) is 8.80. The number of anilines is 1. The van der Waals surface area contributed by atoms with E-state index in [9.17, 15) is 9.90 Å². The molecule has 9 heteroatoms. The Morgan fingerprint density at radius 3 is 2.54 bits per heavy atom. The van der Waals surface area contributed by atoms with Gasteiger partial charge in [0.05, 0.1) is 41.2 Å². The normalized spacial score (nSPS) is 17.1. The van der Waals surface area contributed by atoms with Gasteiger partial charge in [-0.25, -0.2) is 4.79 Å². The van der Waals surface area contributed by atoms with Crippen LogP contribution in [0, 0.1) is 13.8 Å². The molecule has 4 aromatic rings. The summed E-state index contributed by atoms with van der Waals surface area (Å²) in [5, 5.41) is 14.3. The number of carboxylic acid groups (broad SMARTS) is 1. The SMILES string of the molecule is COc1ccc(N2C(=S)N[C@@H](c3ccccn3)[C@@H]2c2cc(C)n(-c3ccccc3C(=O)O)c2C)cc1Cl. The maximum Gasteiger partial charge on any atom is 0.337 e. The molecule has 0 bridgehead atoms.